The summed E-state index contributed by atoms with van der Waals surface area (Å²) in [5.41, 5.74) is 3.01. The van der Waals surface area contributed by atoms with Gasteiger partial charge < -0.3 is 24.5 Å². The van der Waals surface area contributed by atoms with Crippen molar-refractivity contribution in [2.75, 3.05) is 22.1 Å². The molecule has 1 aliphatic heterocycles. The molecule has 1 atom stereocenters. The van der Waals surface area contributed by atoms with Crippen LogP contribution in [0.2, 0.25) is 0 Å². The number of hydrogen-bond acceptors (Lipinski definition) is 7. The first-order valence-electron chi connectivity index (χ1n) is 11.0. The van der Waals surface area contributed by atoms with Crippen molar-refractivity contribution in [3.05, 3.63) is 71.5 Å². The molecular weight excluding hydrogens is 420 g/mol. The Morgan fingerprint density at radius 2 is 2.06 bits per heavy atom. The molecule has 3 heterocycles. The molecule has 3 aromatic rings. The Kier molecular flexibility index (Phi) is 5.08. The van der Waals surface area contributed by atoms with Gasteiger partial charge in [0.05, 0.1) is 24.2 Å². The number of para-hydroxylation sites is 2. The number of fused-ring (bicyclic) bond motifs is 1. The molecule has 0 spiro atoms. The van der Waals surface area contributed by atoms with Crippen LogP contribution in [-0.4, -0.2) is 23.4 Å². The van der Waals surface area contributed by atoms with E-state index in [2.05, 4.69) is 29.6 Å². The number of hydrogen-bond donors (Lipinski definition) is 2. The number of carbonyl (C=O) groups is 2. The van der Waals surface area contributed by atoms with Crippen LogP contribution < -0.4 is 15.5 Å². The predicted octanol–water partition coefficient (Wildman–Crippen LogP) is 4.83. The molecule has 5 rings (SSSR count). The smallest absolute Gasteiger partial charge is 0.245 e. The zero-order valence-corrected chi connectivity index (χ0v) is 18.8. The fourth-order valence-electron chi connectivity index (χ4n) is 4.73. The Balaban J connectivity index is 1.61. The lowest BCUT2D eigenvalue weighted by Crippen LogP contribution is -2.40. The first kappa shape index (κ1) is 21.1. The normalized spacial score (nSPS) is 19.4. The third-order valence-electron chi connectivity index (χ3n) is 6.03. The number of aromatic nitrogens is 1. The second kappa shape index (κ2) is 7.95. The second-order valence-electron chi connectivity index (χ2n) is 9.39. The largest absolute Gasteiger partial charge is 0.467 e. The molecular formula is C25H26N4O4. The number of carbonyl (C=O) groups excluding carboxylic acids is 2. The predicted molar refractivity (Wildman–Crippen MR) is 124 cm³/mol. The zero-order chi connectivity index (χ0) is 23.2. The van der Waals surface area contributed by atoms with E-state index in [0.717, 1.165) is 23.5 Å². The molecule has 0 radical (unpaired) electrons. The van der Waals surface area contributed by atoms with E-state index in [1.165, 1.54) is 0 Å². The van der Waals surface area contributed by atoms with Crippen LogP contribution in [0.3, 0.4) is 0 Å². The maximum atomic E-state index is 13.5. The molecule has 1 aliphatic carbocycles. The summed E-state index contributed by atoms with van der Waals surface area (Å²) in [5, 5.41) is 10.2. The Hall–Kier alpha value is -3.81. The highest BCUT2D eigenvalue weighted by atomic mass is 16.5. The molecule has 1 aromatic carbocycles. The van der Waals surface area contributed by atoms with Crippen molar-refractivity contribution in [3.8, 4) is 0 Å². The summed E-state index contributed by atoms with van der Waals surface area (Å²) >= 11 is 0. The van der Waals surface area contributed by atoms with E-state index in [4.69, 9.17) is 8.94 Å². The fraction of sp³-hybridized carbons (Fsp3) is 0.320. The Morgan fingerprint density at radius 1 is 1.24 bits per heavy atom. The topological polar surface area (TPSA) is 101 Å². The number of ketones is 1. The minimum atomic E-state index is -0.542. The van der Waals surface area contributed by atoms with Crippen molar-refractivity contribution in [2.45, 2.75) is 39.7 Å². The van der Waals surface area contributed by atoms with Crippen molar-refractivity contribution >= 4 is 28.9 Å². The van der Waals surface area contributed by atoms with Crippen LogP contribution in [0.4, 0.5) is 17.2 Å². The van der Waals surface area contributed by atoms with Crippen molar-refractivity contribution in [3.63, 3.8) is 0 Å². The van der Waals surface area contributed by atoms with Crippen molar-refractivity contribution < 1.29 is 18.5 Å². The van der Waals surface area contributed by atoms with Gasteiger partial charge in [-0.2, -0.15) is 0 Å². The summed E-state index contributed by atoms with van der Waals surface area (Å²) in [5.74, 6) is 1.35. The number of aryl methyl sites for hydroxylation is 1. The summed E-state index contributed by atoms with van der Waals surface area (Å²) in [7, 11) is 0. The van der Waals surface area contributed by atoms with Gasteiger partial charge in [0.25, 0.3) is 0 Å². The van der Waals surface area contributed by atoms with Gasteiger partial charge in [0.1, 0.15) is 17.6 Å². The van der Waals surface area contributed by atoms with E-state index < -0.39 is 6.04 Å². The number of furan rings is 1. The van der Waals surface area contributed by atoms with Crippen LogP contribution in [0.5, 0.6) is 0 Å². The van der Waals surface area contributed by atoms with Gasteiger partial charge in [-0.05, 0) is 43.0 Å². The Bertz CT molecular complexity index is 1240. The quantitative estimate of drug-likeness (QED) is 0.592. The average molecular weight is 447 g/mol. The Morgan fingerprint density at radius 3 is 2.79 bits per heavy atom. The monoisotopic (exact) mass is 446 g/mol. The van der Waals surface area contributed by atoms with E-state index in [0.29, 0.717) is 29.3 Å². The number of allylic oxidation sites excluding steroid dienone is 1. The SMILES string of the molecule is Cc1cc(NC(=O)CN2c3ccccc3NC3=C(C(=O)CC(C)(C)C3)[C@H]2c2ccco2)no1. The minimum Gasteiger partial charge on any atom is -0.467 e. The first-order valence-corrected chi connectivity index (χ1v) is 11.0. The number of Topliss-reactive ketones (excluding diaryl/α,β-unsaturated/α-hetero) is 1. The lowest BCUT2D eigenvalue weighted by molar-refractivity contribution is -0.119. The third kappa shape index (κ3) is 4.04. The standard InChI is InChI=1S/C25H26N4O4/c1-15-11-21(28-33-15)27-22(31)14-29-18-8-5-4-7-16(18)26-17-12-25(2,3)13-19(30)23(17)24(29)20-9-6-10-32-20/h4-11,24,26H,12-14H2,1-3H3,(H,27,28,31)/t24-/m1/s1. The molecule has 0 saturated carbocycles. The van der Waals surface area contributed by atoms with Crippen LogP contribution in [0.15, 0.2) is 68.9 Å². The van der Waals surface area contributed by atoms with Gasteiger partial charge in [0.15, 0.2) is 11.6 Å². The number of amides is 1. The zero-order valence-electron chi connectivity index (χ0n) is 18.8. The van der Waals surface area contributed by atoms with Crippen molar-refractivity contribution in [2.24, 2.45) is 5.41 Å². The molecule has 2 aliphatic rings. The molecule has 2 aromatic heterocycles. The molecule has 2 N–H and O–H groups in total. The van der Waals surface area contributed by atoms with Crippen molar-refractivity contribution in [1.29, 1.82) is 0 Å². The van der Waals surface area contributed by atoms with Gasteiger partial charge in [-0.3, -0.25) is 9.59 Å². The van der Waals surface area contributed by atoms with Crippen LogP contribution in [-0.2, 0) is 9.59 Å². The van der Waals surface area contributed by atoms with Crippen LogP contribution in [0.25, 0.3) is 0 Å². The molecule has 0 unspecified atom stereocenters. The molecule has 170 valence electrons. The van der Waals surface area contributed by atoms with E-state index in [1.807, 2.05) is 35.2 Å². The molecule has 33 heavy (non-hydrogen) atoms. The molecule has 1 amide bonds. The highest BCUT2D eigenvalue weighted by molar-refractivity contribution is 6.02. The van der Waals surface area contributed by atoms with Gasteiger partial charge >= 0.3 is 0 Å². The summed E-state index contributed by atoms with van der Waals surface area (Å²) in [6.45, 7) is 5.94. The number of rotatable bonds is 4. The first-order chi connectivity index (χ1) is 15.8. The fourth-order valence-corrected chi connectivity index (χ4v) is 4.73. The summed E-state index contributed by atoms with van der Waals surface area (Å²) in [4.78, 5) is 28.5. The molecule has 8 nitrogen and oxygen atoms in total. The number of anilines is 3. The summed E-state index contributed by atoms with van der Waals surface area (Å²) in [6, 6.07) is 12.5. The third-order valence-corrected chi connectivity index (χ3v) is 6.03. The number of benzene rings is 1. The van der Waals surface area contributed by atoms with Crippen LogP contribution in [0, 0.1) is 12.3 Å². The van der Waals surface area contributed by atoms with E-state index >= 15 is 0 Å². The van der Waals surface area contributed by atoms with Gasteiger partial charge in [-0.25, -0.2) is 0 Å². The summed E-state index contributed by atoms with van der Waals surface area (Å²) < 4.78 is 10.9. The lowest BCUT2D eigenvalue weighted by Gasteiger charge is -2.36. The van der Waals surface area contributed by atoms with Gasteiger partial charge in [-0.1, -0.05) is 31.1 Å². The summed E-state index contributed by atoms with van der Waals surface area (Å²) in [6.07, 6.45) is 2.74. The Labute approximate surface area is 191 Å². The maximum absolute atomic E-state index is 13.5. The number of nitrogens with one attached hydrogen (secondary N) is 2. The van der Waals surface area contributed by atoms with E-state index in [-0.39, 0.29) is 23.7 Å². The molecule has 0 fully saturated rings. The highest BCUT2D eigenvalue weighted by Gasteiger charge is 2.42. The van der Waals surface area contributed by atoms with E-state index in [9.17, 15) is 9.59 Å². The van der Waals surface area contributed by atoms with Gasteiger partial charge in [0, 0.05) is 23.8 Å². The van der Waals surface area contributed by atoms with Crippen molar-refractivity contribution in [1.82, 2.24) is 5.16 Å². The maximum Gasteiger partial charge on any atom is 0.245 e. The van der Waals surface area contributed by atoms with E-state index in [1.54, 1.807) is 25.3 Å². The number of nitrogens with zero attached hydrogens (tertiary/aromatic N) is 2. The lowest BCUT2D eigenvalue weighted by atomic mass is 9.74. The molecule has 8 heteroatoms. The van der Waals surface area contributed by atoms with Crippen LogP contribution >= 0.6 is 0 Å². The van der Waals surface area contributed by atoms with Gasteiger partial charge in [0.2, 0.25) is 5.91 Å². The minimum absolute atomic E-state index is 0.0105. The molecule has 0 bridgehead atoms. The molecule has 0 saturated heterocycles. The second-order valence-corrected chi connectivity index (χ2v) is 9.39. The average Bonchev–Trinajstić information content (AvgIpc) is 3.38. The van der Waals surface area contributed by atoms with Crippen LogP contribution in [0.1, 0.15) is 44.3 Å². The highest BCUT2D eigenvalue weighted by Crippen LogP contribution is 2.48. The van der Waals surface area contributed by atoms with Gasteiger partial charge in [-0.15, -0.1) is 0 Å².